The highest BCUT2D eigenvalue weighted by Crippen LogP contribution is 2.13. The van der Waals surface area contributed by atoms with Crippen molar-refractivity contribution in [3.63, 3.8) is 0 Å². The van der Waals surface area contributed by atoms with Gasteiger partial charge < -0.3 is 10.2 Å². The van der Waals surface area contributed by atoms with Crippen molar-refractivity contribution in [1.82, 2.24) is 10.2 Å². The van der Waals surface area contributed by atoms with Gasteiger partial charge in [0.1, 0.15) is 0 Å². The highest BCUT2D eigenvalue weighted by molar-refractivity contribution is 5.76. The highest BCUT2D eigenvalue weighted by Gasteiger charge is 2.22. The number of piperidine rings is 1. The van der Waals surface area contributed by atoms with Crippen molar-refractivity contribution < 1.29 is 4.79 Å². The van der Waals surface area contributed by atoms with E-state index in [0.29, 0.717) is 18.4 Å². The van der Waals surface area contributed by atoms with E-state index < -0.39 is 0 Å². The monoisotopic (exact) mass is 288 g/mol. The fraction of sp³-hybridized carbons (Fsp3) is 0.611. The molecular formula is C18H28N2O. The zero-order valence-electron chi connectivity index (χ0n) is 13.4. The first-order chi connectivity index (χ1) is 10.2. The van der Waals surface area contributed by atoms with Gasteiger partial charge in [-0.25, -0.2) is 0 Å². The molecule has 0 radical (unpaired) electrons. The Balaban J connectivity index is 1.78. The van der Waals surface area contributed by atoms with Crippen molar-refractivity contribution in [3.8, 4) is 0 Å². The van der Waals surface area contributed by atoms with Crippen LogP contribution in [0.4, 0.5) is 0 Å². The molecule has 116 valence electrons. The van der Waals surface area contributed by atoms with E-state index in [1.165, 1.54) is 17.5 Å². The Kier molecular flexibility index (Phi) is 6.24. The number of nitrogens with zero attached hydrogens (tertiary/aromatic N) is 1. The Bertz CT molecular complexity index is 441. The molecule has 1 amide bonds. The molecule has 1 heterocycles. The first-order valence-corrected chi connectivity index (χ1v) is 8.25. The number of hydrogen-bond acceptors (Lipinski definition) is 2. The predicted octanol–water partition coefficient (Wildman–Crippen LogP) is 2.92. The van der Waals surface area contributed by atoms with Crippen LogP contribution < -0.4 is 5.32 Å². The SMILES string of the molecule is CCCNC1CCCN(C(=O)CCc2ccc(C)cc2)C1. The molecule has 1 aliphatic rings. The van der Waals surface area contributed by atoms with Crippen LogP contribution in [0.15, 0.2) is 24.3 Å². The first-order valence-electron chi connectivity index (χ1n) is 8.25. The minimum atomic E-state index is 0.304. The maximum absolute atomic E-state index is 12.4. The fourth-order valence-corrected chi connectivity index (χ4v) is 2.88. The van der Waals surface area contributed by atoms with Gasteiger partial charge in [-0.1, -0.05) is 36.8 Å². The molecule has 0 saturated carbocycles. The molecule has 1 N–H and O–H groups in total. The van der Waals surface area contributed by atoms with E-state index in [-0.39, 0.29) is 0 Å². The Labute approximate surface area is 128 Å². The van der Waals surface area contributed by atoms with Crippen LogP contribution >= 0.6 is 0 Å². The lowest BCUT2D eigenvalue weighted by Crippen LogP contribution is -2.48. The van der Waals surface area contributed by atoms with Gasteiger partial charge >= 0.3 is 0 Å². The molecule has 1 aromatic carbocycles. The Hall–Kier alpha value is -1.35. The molecule has 0 spiro atoms. The lowest BCUT2D eigenvalue weighted by Gasteiger charge is -2.33. The Morgan fingerprint density at radius 1 is 1.33 bits per heavy atom. The first kappa shape index (κ1) is 16.0. The van der Waals surface area contributed by atoms with Gasteiger partial charge in [-0.3, -0.25) is 4.79 Å². The van der Waals surface area contributed by atoms with Crippen LogP contribution in [0.2, 0.25) is 0 Å². The molecule has 1 aromatic rings. The topological polar surface area (TPSA) is 32.3 Å². The highest BCUT2D eigenvalue weighted by atomic mass is 16.2. The second kappa shape index (κ2) is 8.18. The average Bonchev–Trinajstić information content (AvgIpc) is 2.52. The third kappa shape index (κ3) is 5.16. The van der Waals surface area contributed by atoms with Crippen LogP contribution in [-0.4, -0.2) is 36.5 Å². The minimum absolute atomic E-state index is 0.304. The molecule has 3 nitrogen and oxygen atoms in total. The van der Waals surface area contributed by atoms with Gasteiger partial charge in [-0.2, -0.15) is 0 Å². The van der Waals surface area contributed by atoms with Crippen molar-refractivity contribution in [1.29, 1.82) is 0 Å². The van der Waals surface area contributed by atoms with Crippen LogP contribution in [0, 0.1) is 6.92 Å². The summed E-state index contributed by atoms with van der Waals surface area (Å²) in [5.41, 5.74) is 2.53. The molecule has 0 bridgehead atoms. The van der Waals surface area contributed by atoms with Crippen LogP contribution in [0.5, 0.6) is 0 Å². The number of likely N-dealkylation sites (tertiary alicyclic amines) is 1. The third-order valence-corrected chi connectivity index (χ3v) is 4.21. The summed E-state index contributed by atoms with van der Waals surface area (Å²) in [4.78, 5) is 14.4. The zero-order valence-corrected chi connectivity index (χ0v) is 13.4. The minimum Gasteiger partial charge on any atom is -0.341 e. The molecule has 1 aliphatic heterocycles. The molecule has 21 heavy (non-hydrogen) atoms. The smallest absolute Gasteiger partial charge is 0.222 e. The van der Waals surface area contributed by atoms with Crippen molar-refractivity contribution in [2.24, 2.45) is 0 Å². The zero-order chi connectivity index (χ0) is 15.1. The van der Waals surface area contributed by atoms with E-state index in [1.807, 2.05) is 4.90 Å². The van der Waals surface area contributed by atoms with E-state index in [2.05, 4.69) is 43.4 Å². The summed E-state index contributed by atoms with van der Waals surface area (Å²) in [5, 5.41) is 3.54. The quantitative estimate of drug-likeness (QED) is 0.873. The van der Waals surface area contributed by atoms with Crippen LogP contribution in [0.3, 0.4) is 0 Å². The molecule has 1 unspecified atom stereocenters. The van der Waals surface area contributed by atoms with Crippen molar-refractivity contribution in [2.45, 2.75) is 52.0 Å². The van der Waals surface area contributed by atoms with Gasteiger partial charge in [0.25, 0.3) is 0 Å². The molecule has 1 fully saturated rings. The lowest BCUT2D eigenvalue weighted by atomic mass is 10.0. The summed E-state index contributed by atoms with van der Waals surface area (Å²) in [6.07, 6.45) is 4.95. The van der Waals surface area contributed by atoms with E-state index >= 15 is 0 Å². The number of aryl methyl sites for hydroxylation is 2. The molecule has 0 aromatic heterocycles. The predicted molar refractivity (Wildman–Crippen MR) is 87.4 cm³/mol. The summed E-state index contributed by atoms with van der Waals surface area (Å²) in [7, 11) is 0. The summed E-state index contributed by atoms with van der Waals surface area (Å²) >= 11 is 0. The van der Waals surface area contributed by atoms with Crippen LogP contribution in [-0.2, 0) is 11.2 Å². The molecule has 2 rings (SSSR count). The van der Waals surface area contributed by atoms with Gasteiger partial charge in [0.05, 0.1) is 0 Å². The average molecular weight is 288 g/mol. The molecule has 0 aliphatic carbocycles. The maximum Gasteiger partial charge on any atom is 0.222 e. The van der Waals surface area contributed by atoms with Gasteiger partial charge in [0.2, 0.25) is 5.91 Å². The van der Waals surface area contributed by atoms with Crippen LogP contribution in [0.25, 0.3) is 0 Å². The van der Waals surface area contributed by atoms with Crippen LogP contribution in [0.1, 0.15) is 43.7 Å². The fourth-order valence-electron chi connectivity index (χ4n) is 2.88. The van der Waals surface area contributed by atoms with E-state index in [4.69, 9.17) is 0 Å². The maximum atomic E-state index is 12.4. The largest absolute Gasteiger partial charge is 0.341 e. The Morgan fingerprint density at radius 3 is 2.81 bits per heavy atom. The second-order valence-corrected chi connectivity index (χ2v) is 6.12. The number of nitrogens with one attached hydrogen (secondary N) is 1. The Morgan fingerprint density at radius 2 is 2.10 bits per heavy atom. The molecular weight excluding hydrogens is 260 g/mol. The number of amides is 1. The summed E-state index contributed by atoms with van der Waals surface area (Å²) < 4.78 is 0. The van der Waals surface area contributed by atoms with Crippen molar-refractivity contribution in [2.75, 3.05) is 19.6 Å². The standard InChI is InChI=1S/C18H28N2O/c1-3-12-19-17-5-4-13-20(14-17)18(21)11-10-16-8-6-15(2)7-9-16/h6-9,17,19H,3-5,10-14H2,1-2H3. The van der Waals surface area contributed by atoms with Gasteiger partial charge in [0, 0.05) is 25.6 Å². The molecule has 3 heteroatoms. The van der Waals surface area contributed by atoms with Gasteiger partial charge in [-0.15, -0.1) is 0 Å². The third-order valence-electron chi connectivity index (χ3n) is 4.21. The second-order valence-electron chi connectivity index (χ2n) is 6.12. The number of benzene rings is 1. The number of hydrogen-bond donors (Lipinski definition) is 1. The number of carbonyl (C=O) groups is 1. The lowest BCUT2D eigenvalue weighted by molar-refractivity contribution is -0.132. The van der Waals surface area contributed by atoms with Gasteiger partial charge in [0.15, 0.2) is 0 Å². The normalized spacial score (nSPS) is 18.8. The van der Waals surface area contributed by atoms with Crippen molar-refractivity contribution in [3.05, 3.63) is 35.4 Å². The summed E-state index contributed by atoms with van der Waals surface area (Å²) in [6, 6.07) is 8.98. The van der Waals surface area contributed by atoms with Crippen molar-refractivity contribution >= 4 is 5.91 Å². The van der Waals surface area contributed by atoms with E-state index in [9.17, 15) is 4.79 Å². The molecule has 1 saturated heterocycles. The number of carbonyl (C=O) groups excluding carboxylic acids is 1. The van der Waals surface area contributed by atoms with E-state index in [0.717, 1.165) is 38.9 Å². The number of rotatable bonds is 6. The van der Waals surface area contributed by atoms with Gasteiger partial charge in [-0.05, 0) is 44.7 Å². The van der Waals surface area contributed by atoms with E-state index in [1.54, 1.807) is 0 Å². The molecule has 1 atom stereocenters. The summed E-state index contributed by atoms with van der Waals surface area (Å²) in [5.74, 6) is 0.304. The summed E-state index contributed by atoms with van der Waals surface area (Å²) in [6.45, 7) is 7.13.